The molecule has 2 bridgehead atoms. The molecule has 1 aromatic rings. The molecule has 5 heteroatoms. The molecule has 2 aliphatic carbocycles. The molecule has 2 fully saturated rings. The number of carbonyl (C=O) groups is 1. The van der Waals surface area contributed by atoms with E-state index in [1.807, 2.05) is 4.90 Å². The summed E-state index contributed by atoms with van der Waals surface area (Å²) in [6.45, 7) is 1.37. The van der Waals surface area contributed by atoms with Gasteiger partial charge in [-0.15, -0.1) is 0 Å². The Morgan fingerprint density at radius 3 is 3.04 bits per heavy atom. The van der Waals surface area contributed by atoms with Crippen molar-refractivity contribution in [2.24, 2.45) is 17.8 Å². The van der Waals surface area contributed by atoms with Crippen LogP contribution in [0.1, 0.15) is 24.8 Å². The molecule has 1 aromatic heterocycles. The van der Waals surface area contributed by atoms with Crippen LogP contribution in [0.3, 0.4) is 0 Å². The monoisotopic (exact) mass is 309 g/mol. The van der Waals surface area contributed by atoms with Crippen LogP contribution < -0.4 is 4.74 Å². The molecule has 5 nitrogen and oxygen atoms in total. The molecule has 1 saturated carbocycles. The first-order valence-electron chi connectivity index (χ1n) is 8.23. The second-order valence-corrected chi connectivity index (χ2v) is 6.69. The topological polar surface area (TPSA) is 66.2 Å². The molecule has 4 atom stereocenters. The van der Waals surface area contributed by atoms with E-state index in [1.165, 1.54) is 0 Å². The second kappa shape index (κ2) is 5.69. The van der Waals surface area contributed by atoms with Crippen molar-refractivity contribution in [3.63, 3.8) is 0 Å². The fourth-order valence-corrected chi connectivity index (χ4v) is 4.04. The van der Waals surface area contributed by atoms with E-state index >= 15 is 0 Å². The maximum Gasteiger partial charge on any atom is 0.226 e. The third-order valence-electron chi connectivity index (χ3n) is 5.20. The van der Waals surface area contributed by atoms with Crippen LogP contribution in [-0.4, -0.2) is 35.0 Å². The van der Waals surface area contributed by atoms with E-state index < -0.39 is 0 Å². The third-order valence-corrected chi connectivity index (χ3v) is 5.20. The Labute approximate surface area is 135 Å². The molecule has 1 amide bonds. The quantitative estimate of drug-likeness (QED) is 0.802. The Morgan fingerprint density at radius 1 is 1.39 bits per heavy atom. The van der Waals surface area contributed by atoms with Crippen molar-refractivity contribution in [1.82, 2.24) is 9.88 Å². The van der Waals surface area contributed by atoms with Crippen molar-refractivity contribution in [1.29, 1.82) is 5.26 Å². The van der Waals surface area contributed by atoms with Crippen LogP contribution in [0, 0.1) is 29.1 Å². The van der Waals surface area contributed by atoms with Crippen LogP contribution in [0.4, 0.5) is 0 Å². The van der Waals surface area contributed by atoms with Gasteiger partial charge in [0.1, 0.15) is 6.10 Å². The van der Waals surface area contributed by atoms with Gasteiger partial charge in [-0.2, -0.15) is 5.26 Å². The van der Waals surface area contributed by atoms with E-state index in [9.17, 15) is 4.79 Å². The van der Waals surface area contributed by atoms with Crippen molar-refractivity contribution in [3.8, 4) is 11.9 Å². The molecule has 118 valence electrons. The number of rotatable bonds is 3. The normalized spacial score (nSPS) is 31.3. The van der Waals surface area contributed by atoms with E-state index in [4.69, 9.17) is 10.00 Å². The second-order valence-electron chi connectivity index (χ2n) is 6.69. The van der Waals surface area contributed by atoms with Gasteiger partial charge in [0.05, 0.1) is 18.2 Å². The van der Waals surface area contributed by atoms with Crippen LogP contribution in [0.2, 0.25) is 0 Å². The first-order valence-corrected chi connectivity index (χ1v) is 8.23. The molecule has 0 spiro atoms. The highest BCUT2D eigenvalue weighted by Gasteiger charge is 2.42. The maximum atomic E-state index is 12.7. The van der Waals surface area contributed by atoms with E-state index in [0.29, 0.717) is 29.8 Å². The molecule has 1 saturated heterocycles. The van der Waals surface area contributed by atoms with Gasteiger partial charge in [-0.25, -0.2) is 4.98 Å². The molecule has 3 aliphatic rings. The van der Waals surface area contributed by atoms with Gasteiger partial charge in [0.25, 0.3) is 0 Å². The van der Waals surface area contributed by atoms with Gasteiger partial charge in [0, 0.05) is 31.1 Å². The fraction of sp³-hybridized carbons (Fsp3) is 0.500. The van der Waals surface area contributed by atoms with Gasteiger partial charge in [-0.1, -0.05) is 12.2 Å². The lowest BCUT2D eigenvalue weighted by molar-refractivity contribution is -0.135. The minimum absolute atomic E-state index is 0.0328. The Kier molecular flexibility index (Phi) is 3.53. The molecule has 4 rings (SSSR count). The summed E-state index contributed by atoms with van der Waals surface area (Å²) < 4.78 is 5.85. The van der Waals surface area contributed by atoms with Gasteiger partial charge in [0.15, 0.2) is 0 Å². The number of nitriles is 1. The summed E-state index contributed by atoms with van der Waals surface area (Å²) in [5.74, 6) is 1.98. The average molecular weight is 309 g/mol. The van der Waals surface area contributed by atoms with Gasteiger partial charge < -0.3 is 9.64 Å². The molecular weight excluding hydrogens is 290 g/mol. The van der Waals surface area contributed by atoms with Crippen LogP contribution in [0.15, 0.2) is 30.5 Å². The number of hydrogen-bond donors (Lipinski definition) is 0. The summed E-state index contributed by atoms with van der Waals surface area (Å²) >= 11 is 0. The number of fused-ring (bicyclic) bond motifs is 2. The fourth-order valence-electron chi connectivity index (χ4n) is 4.04. The minimum atomic E-state index is -0.0328. The number of hydrogen-bond acceptors (Lipinski definition) is 4. The molecule has 0 N–H and O–H groups in total. The van der Waals surface area contributed by atoms with E-state index in [2.05, 4.69) is 23.2 Å². The Morgan fingerprint density at radius 2 is 2.30 bits per heavy atom. The van der Waals surface area contributed by atoms with E-state index in [1.54, 1.807) is 18.3 Å². The Balaban J connectivity index is 1.36. The predicted molar refractivity (Wildman–Crippen MR) is 83.4 cm³/mol. The molecule has 4 unspecified atom stereocenters. The lowest BCUT2D eigenvalue weighted by Crippen LogP contribution is -2.37. The summed E-state index contributed by atoms with van der Waals surface area (Å²) in [5, 5.41) is 8.92. The number of carbonyl (C=O) groups excluding carboxylic acids is 1. The van der Waals surface area contributed by atoms with Crippen molar-refractivity contribution in [2.45, 2.75) is 25.4 Å². The smallest absolute Gasteiger partial charge is 0.226 e. The number of aromatic nitrogens is 1. The molecule has 0 aromatic carbocycles. The summed E-state index contributed by atoms with van der Waals surface area (Å²) in [4.78, 5) is 18.8. The first kappa shape index (κ1) is 14.3. The summed E-state index contributed by atoms with van der Waals surface area (Å²) in [5.41, 5.74) is 0.537. The van der Waals surface area contributed by atoms with Crippen LogP contribution in [-0.2, 0) is 4.79 Å². The van der Waals surface area contributed by atoms with Gasteiger partial charge in [-0.3, -0.25) is 4.79 Å². The van der Waals surface area contributed by atoms with Crippen molar-refractivity contribution in [2.75, 3.05) is 13.1 Å². The number of likely N-dealkylation sites (tertiary alicyclic amines) is 1. The van der Waals surface area contributed by atoms with Crippen LogP contribution >= 0.6 is 0 Å². The molecular formula is C18H19N3O2. The maximum absolute atomic E-state index is 12.7. The number of amides is 1. The Bertz CT molecular complexity index is 694. The van der Waals surface area contributed by atoms with Gasteiger partial charge >= 0.3 is 0 Å². The summed E-state index contributed by atoms with van der Waals surface area (Å²) in [7, 11) is 0. The van der Waals surface area contributed by atoms with Gasteiger partial charge in [-0.05, 0) is 30.7 Å². The zero-order valence-electron chi connectivity index (χ0n) is 12.9. The zero-order chi connectivity index (χ0) is 15.8. The number of ether oxygens (including phenoxy) is 1. The largest absolute Gasteiger partial charge is 0.472 e. The SMILES string of the molecule is N#Cc1ccnc(OC2CCN(C(=O)C3CC4C=CC3C4)C2)c1. The van der Waals surface area contributed by atoms with E-state index in [0.717, 1.165) is 25.8 Å². The highest BCUT2D eigenvalue weighted by Crippen LogP contribution is 2.44. The van der Waals surface area contributed by atoms with Gasteiger partial charge in [0.2, 0.25) is 11.8 Å². The van der Waals surface area contributed by atoms with Crippen molar-refractivity contribution in [3.05, 3.63) is 36.0 Å². The highest BCUT2D eigenvalue weighted by molar-refractivity contribution is 5.80. The molecule has 2 heterocycles. The Hall–Kier alpha value is -2.35. The standard InChI is InChI=1S/C18H19N3O2/c19-10-13-3-5-20-17(9-13)23-15-4-6-21(11-15)18(22)16-8-12-1-2-14(16)7-12/h1-3,5,9,12,14-16H,4,6-8,11H2. The van der Waals surface area contributed by atoms with Crippen LogP contribution in [0.5, 0.6) is 5.88 Å². The summed E-state index contributed by atoms with van der Waals surface area (Å²) in [6.07, 6.45) is 9.00. The van der Waals surface area contributed by atoms with Crippen LogP contribution in [0.25, 0.3) is 0 Å². The van der Waals surface area contributed by atoms with E-state index in [-0.39, 0.29) is 17.9 Å². The molecule has 1 aliphatic heterocycles. The number of pyridine rings is 1. The summed E-state index contributed by atoms with van der Waals surface area (Å²) in [6, 6.07) is 5.38. The average Bonchev–Trinajstić information content (AvgIpc) is 3.31. The first-order chi connectivity index (χ1) is 11.2. The minimum Gasteiger partial charge on any atom is -0.472 e. The molecule has 23 heavy (non-hydrogen) atoms. The molecule has 0 radical (unpaired) electrons. The van der Waals surface area contributed by atoms with Crippen molar-refractivity contribution >= 4 is 5.91 Å². The number of nitrogens with zero attached hydrogens (tertiary/aromatic N) is 3. The lowest BCUT2D eigenvalue weighted by Gasteiger charge is -2.24. The lowest BCUT2D eigenvalue weighted by atomic mass is 9.92. The number of allylic oxidation sites excluding steroid dienone is 2. The highest BCUT2D eigenvalue weighted by atomic mass is 16.5. The predicted octanol–water partition coefficient (Wildman–Crippen LogP) is 2.15. The third kappa shape index (κ3) is 2.70. The van der Waals surface area contributed by atoms with Crippen molar-refractivity contribution < 1.29 is 9.53 Å². The zero-order valence-corrected chi connectivity index (χ0v) is 12.9.